The number of ether oxygens (including phenoxy) is 2. The smallest absolute Gasteiger partial charge is 0.333 e. The maximum atomic E-state index is 11.4. The lowest BCUT2D eigenvalue weighted by Gasteiger charge is -2.12. The Bertz CT molecular complexity index is 364. The topological polar surface area (TPSA) is 89.9 Å². The Morgan fingerprint density at radius 3 is 1.59 bits per heavy atom. The monoisotopic (exact) mass is 262 g/mol. The average Bonchev–Trinajstić information content (AvgIpc) is 2.22. The van der Waals surface area contributed by atoms with E-state index in [1.165, 1.54) is 13.8 Å². The number of rotatable bonds is 6. The fourth-order valence-corrected chi connectivity index (χ4v) is 1.32. The first-order chi connectivity index (χ1) is 7.65. The molecular weight excluding hydrogens is 247 g/mol. The van der Waals surface area contributed by atoms with E-state index in [2.05, 4.69) is 22.6 Å². The van der Waals surface area contributed by atoms with Crippen molar-refractivity contribution in [3.8, 4) is 0 Å². The molecule has 17 heavy (non-hydrogen) atoms. The van der Waals surface area contributed by atoms with Crippen LogP contribution in [0.5, 0.6) is 0 Å². The molecule has 1 N–H and O–H groups in total. The van der Waals surface area contributed by atoms with Gasteiger partial charge in [-0.1, -0.05) is 13.2 Å². The van der Waals surface area contributed by atoms with Crippen molar-refractivity contribution in [1.82, 2.24) is 0 Å². The standard InChI is InChI=1S/C10H15O6P/c1-7(2)9(11)15-5-17(13,14)6-16-10(12)8(3)4/h1,3,5-6H2,2,4H3,(H,13,14). The predicted molar refractivity (Wildman–Crippen MR) is 61.4 cm³/mol. The Labute approximate surface area is 99.4 Å². The zero-order valence-corrected chi connectivity index (χ0v) is 10.7. The highest BCUT2D eigenvalue weighted by Crippen LogP contribution is 2.40. The van der Waals surface area contributed by atoms with Crippen LogP contribution >= 0.6 is 7.37 Å². The van der Waals surface area contributed by atoms with Crippen LogP contribution < -0.4 is 0 Å². The molecular formula is C10H15O6P. The summed E-state index contributed by atoms with van der Waals surface area (Å²) in [6.45, 7) is 9.44. The van der Waals surface area contributed by atoms with Gasteiger partial charge in [-0.15, -0.1) is 0 Å². The zero-order valence-electron chi connectivity index (χ0n) is 9.76. The average molecular weight is 262 g/mol. The fourth-order valence-electron chi connectivity index (χ4n) is 0.603. The summed E-state index contributed by atoms with van der Waals surface area (Å²) < 4.78 is 20.4. The molecule has 0 amide bonds. The summed E-state index contributed by atoms with van der Waals surface area (Å²) in [7, 11) is -3.85. The van der Waals surface area contributed by atoms with Crippen LogP contribution in [0.15, 0.2) is 24.3 Å². The Balaban J connectivity index is 4.18. The second-order valence-corrected chi connectivity index (χ2v) is 5.74. The van der Waals surface area contributed by atoms with Crippen molar-refractivity contribution < 1.29 is 28.5 Å². The van der Waals surface area contributed by atoms with E-state index >= 15 is 0 Å². The molecule has 0 fully saturated rings. The van der Waals surface area contributed by atoms with Gasteiger partial charge in [0, 0.05) is 11.1 Å². The van der Waals surface area contributed by atoms with Crippen LogP contribution in [0.1, 0.15) is 13.8 Å². The van der Waals surface area contributed by atoms with Crippen LogP contribution in [0, 0.1) is 0 Å². The lowest BCUT2D eigenvalue weighted by molar-refractivity contribution is -0.137. The largest absolute Gasteiger partial charge is 0.452 e. The number of carbonyl (C=O) groups is 2. The predicted octanol–water partition coefficient (Wildman–Crippen LogP) is 1.41. The number of carbonyl (C=O) groups excluding carboxylic acids is 2. The zero-order chi connectivity index (χ0) is 13.6. The molecule has 0 aromatic carbocycles. The highest BCUT2D eigenvalue weighted by Gasteiger charge is 2.23. The van der Waals surface area contributed by atoms with Crippen LogP contribution in [0.4, 0.5) is 0 Å². The molecule has 96 valence electrons. The quantitative estimate of drug-likeness (QED) is 0.442. The van der Waals surface area contributed by atoms with Gasteiger partial charge in [-0.05, 0) is 13.8 Å². The van der Waals surface area contributed by atoms with Gasteiger partial charge in [-0.25, -0.2) is 9.59 Å². The van der Waals surface area contributed by atoms with Crippen molar-refractivity contribution in [1.29, 1.82) is 0 Å². The van der Waals surface area contributed by atoms with Gasteiger partial charge in [0.05, 0.1) is 0 Å². The van der Waals surface area contributed by atoms with Crippen molar-refractivity contribution >= 4 is 19.3 Å². The first-order valence-electron chi connectivity index (χ1n) is 4.62. The number of esters is 2. The SMILES string of the molecule is C=C(C)C(=O)OCP(=O)(O)COC(=O)C(=C)C. The highest BCUT2D eigenvalue weighted by molar-refractivity contribution is 7.57. The fraction of sp³-hybridized carbons (Fsp3) is 0.400. The second-order valence-electron chi connectivity index (χ2n) is 3.53. The molecule has 0 aromatic rings. The molecule has 0 unspecified atom stereocenters. The minimum atomic E-state index is -3.85. The lowest BCUT2D eigenvalue weighted by atomic mass is 10.4. The van der Waals surface area contributed by atoms with Crippen LogP contribution in [0.25, 0.3) is 0 Å². The van der Waals surface area contributed by atoms with Gasteiger partial charge in [0.1, 0.15) is 0 Å². The Kier molecular flexibility index (Phi) is 5.85. The molecule has 7 heteroatoms. The third-order valence-corrected chi connectivity index (χ3v) is 2.56. The van der Waals surface area contributed by atoms with Gasteiger partial charge in [-0.2, -0.15) is 0 Å². The number of hydrogen-bond donors (Lipinski definition) is 1. The summed E-state index contributed by atoms with van der Waals surface area (Å²) in [6, 6.07) is 0. The summed E-state index contributed by atoms with van der Waals surface area (Å²) >= 11 is 0. The Hall–Kier alpha value is -1.39. The summed E-state index contributed by atoms with van der Waals surface area (Å²) in [5, 5.41) is 0. The van der Waals surface area contributed by atoms with E-state index in [4.69, 9.17) is 0 Å². The molecule has 6 nitrogen and oxygen atoms in total. The van der Waals surface area contributed by atoms with Crippen LogP contribution in [0.2, 0.25) is 0 Å². The van der Waals surface area contributed by atoms with E-state index in [0.29, 0.717) is 0 Å². The third kappa shape index (κ3) is 6.71. The van der Waals surface area contributed by atoms with Crippen molar-refractivity contribution in [3.63, 3.8) is 0 Å². The summed E-state index contributed by atoms with van der Waals surface area (Å²) in [4.78, 5) is 31.2. The van der Waals surface area contributed by atoms with E-state index in [9.17, 15) is 19.0 Å². The summed E-state index contributed by atoms with van der Waals surface area (Å²) in [5.74, 6) is -1.55. The molecule has 0 aliphatic heterocycles. The van der Waals surface area contributed by atoms with Gasteiger partial charge in [0.2, 0.25) is 0 Å². The maximum absolute atomic E-state index is 11.4. The van der Waals surface area contributed by atoms with Crippen molar-refractivity contribution in [3.05, 3.63) is 24.3 Å². The van der Waals surface area contributed by atoms with E-state index in [1.54, 1.807) is 0 Å². The molecule has 0 aliphatic carbocycles. The first kappa shape index (κ1) is 15.6. The molecule has 0 heterocycles. The van der Waals surface area contributed by atoms with Gasteiger partial charge in [0.15, 0.2) is 12.7 Å². The van der Waals surface area contributed by atoms with E-state index in [-0.39, 0.29) is 11.1 Å². The maximum Gasteiger partial charge on any atom is 0.333 e. The Morgan fingerprint density at radius 2 is 1.35 bits per heavy atom. The van der Waals surface area contributed by atoms with Gasteiger partial charge in [-0.3, -0.25) is 4.57 Å². The minimum Gasteiger partial charge on any atom is -0.452 e. The molecule has 0 spiro atoms. The van der Waals surface area contributed by atoms with Crippen molar-refractivity contribution in [2.24, 2.45) is 0 Å². The van der Waals surface area contributed by atoms with Crippen molar-refractivity contribution in [2.45, 2.75) is 13.8 Å². The van der Waals surface area contributed by atoms with Gasteiger partial charge >= 0.3 is 11.9 Å². The molecule has 0 aromatic heterocycles. The normalized spacial score (nSPS) is 10.5. The molecule has 0 radical (unpaired) electrons. The van der Waals surface area contributed by atoms with Crippen LogP contribution in [0.3, 0.4) is 0 Å². The van der Waals surface area contributed by atoms with E-state index < -0.39 is 32.0 Å². The molecule has 0 bridgehead atoms. The van der Waals surface area contributed by atoms with Gasteiger partial charge < -0.3 is 14.4 Å². The highest BCUT2D eigenvalue weighted by atomic mass is 31.2. The van der Waals surface area contributed by atoms with E-state index in [1.807, 2.05) is 0 Å². The molecule has 0 rings (SSSR count). The van der Waals surface area contributed by atoms with E-state index in [0.717, 1.165) is 0 Å². The first-order valence-corrected chi connectivity index (χ1v) is 6.65. The minimum absolute atomic E-state index is 0.115. The molecule has 0 saturated heterocycles. The van der Waals surface area contributed by atoms with Crippen LogP contribution in [-0.2, 0) is 23.6 Å². The molecule has 0 aliphatic rings. The lowest BCUT2D eigenvalue weighted by Crippen LogP contribution is -2.11. The Morgan fingerprint density at radius 1 is 1.06 bits per heavy atom. The number of hydrogen-bond acceptors (Lipinski definition) is 5. The summed E-state index contributed by atoms with van der Waals surface area (Å²) in [5.41, 5.74) is 0.230. The van der Waals surface area contributed by atoms with Crippen molar-refractivity contribution in [2.75, 3.05) is 12.7 Å². The van der Waals surface area contributed by atoms with Crippen LogP contribution in [-0.4, -0.2) is 29.5 Å². The second kappa shape index (κ2) is 6.37. The molecule has 0 atom stereocenters. The third-order valence-electron chi connectivity index (χ3n) is 1.49. The van der Waals surface area contributed by atoms with Gasteiger partial charge in [0.25, 0.3) is 7.37 Å². The molecule has 0 saturated carbocycles. The summed E-state index contributed by atoms with van der Waals surface area (Å²) in [6.07, 6.45) is -1.44.